The summed E-state index contributed by atoms with van der Waals surface area (Å²) >= 11 is 0. The molecule has 0 unspecified atom stereocenters. The Morgan fingerprint density at radius 3 is 2.00 bits per heavy atom. The zero-order chi connectivity index (χ0) is 9.72. The Hall–Kier alpha value is -0.220. The van der Waals surface area contributed by atoms with Crippen molar-refractivity contribution in [3.63, 3.8) is 0 Å². The molecule has 4 heteroatoms. The highest BCUT2D eigenvalue weighted by Crippen LogP contribution is 2.02. The molecule has 0 aromatic heterocycles. The summed E-state index contributed by atoms with van der Waals surface area (Å²) in [6.07, 6.45) is 0. The van der Waals surface area contributed by atoms with E-state index in [9.17, 15) is 4.79 Å². The van der Waals surface area contributed by atoms with Crippen molar-refractivity contribution in [2.45, 2.75) is 33.7 Å². The molecule has 0 rings (SSSR count). The molecular weight excluding hydrogens is 186 g/mol. The minimum Gasteiger partial charge on any atom is -0.394 e. The minimum absolute atomic E-state index is 0. The van der Waals surface area contributed by atoms with Gasteiger partial charge in [0.2, 0.25) is 5.91 Å². The fraction of sp³-hybridized carbons (Fsp3) is 0.889. The predicted octanol–water partition coefficient (Wildman–Crippen LogP) is 0.888. The second kappa shape index (κ2) is 7.21. The van der Waals surface area contributed by atoms with Crippen LogP contribution in [0.1, 0.15) is 27.7 Å². The van der Waals surface area contributed by atoms with Gasteiger partial charge in [0.1, 0.15) is 0 Å². The highest BCUT2D eigenvalue weighted by atomic mass is 32.1. The second-order valence-corrected chi connectivity index (χ2v) is 3.70. The molecule has 0 spiro atoms. The van der Waals surface area contributed by atoms with Crippen molar-refractivity contribution in [2.24, 2.45) is 11.8 Å². The van der Waals surface area contributed by atoms with Crippen LogP contribution in [0.2, 0.25) is 0 Å². The first-order chi connectivity index (χ1) is 5.49. The second-order valence-electron chi connectivity index (χ2n) is 3.70. The molecule has 0 heterocycles. The van der Waals surface area contributed by atoms with Crippen LogP contribution >= 0.6 is 13.5 Å². The van der Waals surface area contributed by atoms with E-state index in [1.54, 1.807) is 0 Å². The van der Waals surface area contributed by atoms with Crippen LogP contribution in [0.5, 0.6) is 0 Å². The lowest BCUT2D eigenvalue weighted by Gasteiger charge is -2.20. The summed E-state index contributed by atoms with van der Waals surface area (Å²) in [7, 11) is 0. The van der Waals surface area contributed by atoms with Crippen LogP contribution in [-0.4, -0.2) is 23.7 Å². The summed E-state index contributed by atoms with van der Waals surface area (Å²) in [5, 5.41) is 11.7. The van der Waals surface area contributed by atoms with Crippen LogP contribution in [0.25, 0.3) is 0 Å². The van der Waals surface area contributed by atoms with E-state index in [2.05, 4.69) is 5.32 Å². The molecule has 1 atom stereocenters. The number of hydrogen-bond acceptors (Lipinski definition) is 2. The summed E-state index contributed by atoms with van der Waals surface area (Å²) in [6.45, 7) is 7.63. The fourth-order valence-electron chi connectivity index (χ4n) is 0.773. The van der Waals surface area contributed by atoms with Gasteiger partial charge in [-0.2, -0.15) is 13.5 Å². The van der Waals surface area contributed by atoms with Gasteiger partial charge in [0.25, 0.3) is 0 Å². The van der Waals surface area contributed by atoms with E-state index in [1.165, 1.54) is 0 Å². The zero-order valence-corrected chi connectivity index (χ0v) is 9.79. The number of aliphatic hydroxyl groups is 1. The Bertz CT molecular complexity index is 149. The summed E-state index contributed by atoms with van der Waals surface area (Å²) in [5.41, 5.74) is 0. The highest BCUT2D eigenvalue weighted by Gasteiger charge is 2.16. The first kappa shape index (κ1) is 15.3. The molecule has 0 fully saturated rings. The lowest BCUT2D eigenvalue weighted by atomic mass is 10.0. The average molecular weight is 207 g/mol. The largest absolute Gasteiger partial charge is 0.394 e. The minimum atomic E-state index is -0.111. The topological polar surface area (TPSA) is 49.3 Å². The molecule has 0 aliphatic carbocycles. The summed E-state index contributed by atoms with van der Waals surface area (Å²) in [4.78, 5) is 11.2. The Morgan fingerprint density at radius 2 is 1.77 bits per heavy atom. The van der Waals surface area contributed by atoms with Crippen molar-refractivity contribution in [3.05, 3.63) is 0 Å². The lowest BCUT2D eigenvalue weighted by molar-refractivity contribution is -0.125. The molecule has 2 N–H and O–H groups in total. The van der Waals surface area contributed by atoms with Crippen LogP contribution < -0.4 is 5.32 Å². The molecular formula is C9H21NO2S. The van der Waals surface area contributed by atoms with Gasteiger partial charge in [-0.1, -0.05) is 27.7 Å². The van der Waals surface area contributed by atoms with Crippen molar-refractivity contribution in [3.8, 4) is 0 Å². The summed E-state index contributed by atoms with van der Waals surface area (Å²) in [5.74, 6) is 0.262. The fourth-order valence-corrected chi connectivity index (χ4v) is 0.773. The van der Waals surface area contributed by atoms with Crippen molar-refractivity contribution in [2.75, 3.05) is 6.61 Å². The third-order valence-electron chi connectivity index (χ3n) is 1.85. The first-order valence-electron chi connectivity index (χ1n) is 4.40. The van der Waals surface area contributed by atoms with Gasteiger partial charge in [0.05, 0.1) is 12.6 Å². The van der Waals surface area contributed by atoms with Crippen molar-refractivity contribution < 1.29 is 9.90 Å². The van der Waals surface area contributed by atoms with Gasteiger partial charge in [-0.3, -0.25) is 4.79 Å². The van der Waals surface area contributed by atoms with E-state index >= 15 is 0 Å². The molecule has 13 heavy (non-hydrogen) atoms. The number of amides is 1. The molecule has 0 aromatic rings. The Kier molecular flexibility index (Phi) is 8.46. The van der Waals surface area contributed by atoms with E-state index in [1.807, 2.05) is 27.7 Å². The molecule has 0 aliphatic heterocycles. The lowest BCUT2D eigenvalue weighted by Crippen LogP contribution is -2.42. The van der Waals surface area contributed by atoms with Gasteiger partial charge < -0.3 is 10.4 Å². The molecule has 0 saturated heterocycles. The van der Waals surface area contributed by atoms with E-state index in [0.29, 0.717) is 0 Å². The van der Waals surface area contributed by atoms with E-state index in [0.717, 1.165) is 0 Å². The number of hydrogen-bond donors (Lipinski definition) is 2. The number of nitrogens with one attached hydrogen (secondary N) is 1. The van der Waals surface area contributed by atoms with Crippen LogP contribution in [-0.2, 0) is 4.79 Å². The molecule has 0 bridgehead atoms. The summed E-state index contributed by atoms with van der Waals surface area (Å²) < 4.78 is 0. The van der Waals surface area contributed by atoms with Gasteiger partial charge in [0, 0.05) is 5.92 Å². The number of aliphatic hydroxyl groups excluding tert-OH is 1. The molecule has 0 aromatic carbocycles. The molecule has 3 nitrogen and oxygen atoms in total. The van der Waals surface area contributed by atoms with Crippen molar-refractivity contribution in [1.29, 1.82) is 0 Å². The number of rotatable bonds is 4. The third kappa shape index (κ3) is 5.93. The normalized spacial score (nSPS) is 12.5. The van der Waals surface area contributed by atoms with Crippen molar-refractivity contribution in [1.82, 2.24) is 5.32 Å². The van der Waals surface area contributed by atoms with Crippen LogP contribution in [0.15, 0.2) is 0 Å². The molecule has 80 valence electrons. The van der Waals surface area contributed by atoms with E-state index < -0.39 is 0 Å². The van der Waals surface area contributed by atoms with Gasteiger partial charge in [0.15, 0.2) is 0 Å². The van der Waals surface area contributed by atoms with Crippen LogP contribution in [0, 0.1) is 11.8 Å². The van der Waals surface area contributed by atoms with Crippen LogP contribution in [0.4, 0.5) is 0 Å². The summed E-state index contributed by atoms with van der Waals surface area (Å²) in [6, 6.07) is -0.111. The molecule has 0 saturated carbocycles. The SMILES string of the molecule is CC(C)C(=O)N[C@H](CO)C(C)C.S. The smallest absolute Gasteiger partial charge is 0.222 e. The first-order valence-corrected chi connectivity index (χ1v) is 4.40. The maximum Gasteiger partial charge on any atom is 0.222 e. The Morgan fingerprint density at radius 1 is 1.31 bits per heavy atom. The number of carbonyl (C=O) groups is 1. The average Bonchev–Trinajstić information content (AvgIpc) is 1.98. The van der Waals surface area contributed by atoms with Gasteiger partial charge in [-0.15, -0.1) is 0 Å². The highest BCUT2D eigenvalue weighted by molar-refractivity contribution is 7.59. The molecule has 0 radical (unpaired) electrons. The zero-order valence-electron chi connectivity index (χ0n) is 8.79. The number of carbonyl (C=O) groups excluding carboxylic acids is 1. The van der Waals surface area contributed by atoms with Crippen LogP contribution in [0.3, 0.4) is 0 Å². The third-order valence-corrected chi connectivity index (χ3v) is 1.85. The van der Waals surface area contributed by atoms with Gasteiger partial charge in [-0.25, -0.2) is 0 Å². The van der Waals surface area contributed by atoms with E-state index in [-0.39, 0.29) is 43.9 Å². The standard InChI is InChI=1S/C9H19NO2.H2S/c1-6(2)8(5-11)10-9(12)7(3)4;/h6-8,11H,5H2,1-4H3,(H,10,12);1H2/t8-;/m1./s1. The molecule has 1 amide bonds. The Balaban J connectivity index is 0. The quantitative estimate of drug-likeness (QED) is 0.719. The monoisotopic (exact) mass is 207 g/mol. The maximum absolute atomic E-state index is 11.2. The molecule has 0 aliphatic rings. The maximum atomic E-state index is 11.2. The van der Waals surface area contributed by atoms with E-state index in [4.69, 9.17) is 5.11 Å². The van der Waals surface area contributed by atoms with Crippen molar-refractivity contribution >= 4 is 19.4 Å². The van der Waals surface area contributed by atoms with Gasteiger partial charge >= 0.3 is 0 Å². The van der Waals surface area contributed by atoms with Gasteiger partial charge in [-0.05, 0) is 5.92 Å². The Labute approximate surface area is 87.4 Å². The predicted molar refractivity (Wildman–Crippen MR) is 59.1 cm³/mol.